The monoisotopic (exact) mass is 263 g/mol. The van der Waals surface area contributed by atoms with Crippen molar-refractivity contribution in [3.63, 3.8) is 0 Å². The molecule has 0 aliphatic heterocycles. The second-order valence-electron chi connectivity index (χ2n) is 5.34. The molecule has 0 radical (unpaired) electrons. The first-order valence-electron chi connectivity index (χ1n) is 7.64. The Kier molecular flexibility index (Phi) is 8.31. The van der Waals surface area contributed by atoms with E-state index in [0.29, 0.717) is 0 Å². The number of unbranched alkanes of at least 4 members (excludes halogenated alkanes) is 4. The van der Waals surface area contributed by atoms with Crippen molar-refractivity contribution in [3.8, 4) is 5.75 Å². The molecule has 1 N–H and O–H groups in total. The number of ether oxygens (including phenoxy) is 1. The van der Waals surface area contributed by atoms with Crippen molar-refractivity contribution in [1.29, 1.82) is 0 Å². The van der Waals surface area contributed by atoms with Gasteiger partial charge in [-0.05, 0) is 50.1 Å². The molecule has 0 spiro atoms. The fraction of sp³-hybridized carbons (Fsp3) is 0.647. The molecule has 2 nitrogen and oxygen atoms in total. The van der Waals surface area contributed by atoms with E-state index in [1.807, 2.05) is 0 Å². The van der Waals surface area contributed by atoms with Gasteiger partial charge in [0.15, 0.2) is 0 Å². The molecule has 1 rings (SSSR count). The smallest absolute Gasteiger partial charge is 0.119 e. The molecule has 1 aromatic rings. The SMILES string of the molecule is CCCCCCCNCCOc1cc(C)cc(C)c1. The van der Waals surface area contributed by atoms with Crippen LogP contribution in [0, 0.1) is 13.8 Å². The molecule has 0 aliphatic carbocycles. The van der Waals surface area contributed by atoms with Gasteiger partial charge in [-0.1, -0.05) is 38.7 Å². The van der Waals surface area contributed by atoms with E-state index in [1.54, 1.807) is 0 Å². The quantitative estimate of drug-likeness (QED) is 0.637. The maximum Gasteiger partial charge on any atom is 0.119 e. The Hall–Kier alpha value is -1.02. The van der Waals surface area contributed by atoms with Crippen LogP contribution in [0.1, 0.15) is 50.2 Å². The van der Waals surface area contributed by atoms with Crippen LogP contribution in [0.5, 0.6) is 5.75 Å². The summed E-state index contributed by atoms with van der Waals surface area (Å²) >= 11 is 0. The Labute approximate surface area is 118 Å². The van der Waals surface area contributed by atoms with Crippen LogP contribution in [0.25, 0.3) is 0 Å². The largest absolute Gasteiger partial charge is 0.492 e. The van der Waals surface area contributed by atoms with Crippen molar-refractivity contribution in [1.82, 2.24) is 5.32 Å². The minimum absolute atomic E-state index is 0.748. The third kappa shape index (κ3) is 7.89. The van der Waals surface area contributed by atoms with E-state index < -0.39 is 0 Å². The van der Waals surface area contributed by atoms with E-state index in [-0.39, 0.29) is 0 Å². The maximum absolute atomic E-state index is 5.75. The van der Waals surface area contributed by atoms with Crippen molar-refractivity contribution in [2.24, 2.45) is 0 Å². The number of hydrogen-bond acceptors (Lipinski definition) is 2. The van der Waals surface area contributed by atoms with E-state index in [4.69, 9.17) is 4.74 Å². The van der Waals surface area contributed by atoms with E-state index in [9.17, 15) is 0 Å². The van der Waals surface area contributed by atoms with Crippen molar-refractivity contribution in [3.05, 3.63) is 29.3 Å². The van der Waals surface area contributed by atoms with Gasteiger partial charge in [0.25, 0.3) is 0 Å². The van der Waals surface area contributed by atoms with Gasteiger partial charge < -0.3 is 10.1 Å². The van der Waals surface area contributed by atoms with Gasteiger partial charge in [-0.15, -0.1) is 0 Å². The van der Waals surface area contributed by atoms with Gasteiger partial charge >= 0.3 is 0 Å². The first-order chi connectivity index (χ1) is 9.22. The predicted octanol–water partition coefficient (Wildman–Crippen LogP) is 4.24. The Morgan fingerprint density at radius 1 is 0.895 bits per heavy atom. The molecule has 0 atom stereocenters. The Morgan fingerprint density at radius 2 is 1.58 bits per heavy atom. The van der Waals surface area contributed by atoms with Crippen LogP contribution in [0.3, 0.4) is 0 Å². The van der Waals surface area contributed by atoms with Crippen molar-refractivity contribution in [2.75, 3.05) is 19.7 Å². The zero-order valence-electron chi connectivity index (χ0n) is 12.8. The van der Waals surface area contributed by atoms with Gasteiger partial charge in [0.1, 0.15) is 12.4 Å². The summed E-state index contributed by atoms with van der Waals surface area (Å²) in [5.74, 6) is 0.988. The fourth-order valence-electron chi connectivity index (χ4n) is 2.24. The molecule has 0 saturated heterocycles. The summed E-state index contributed by atoms with van der Waals surface area (Å²) in [4.78, 5) is 0. The molecule has 0 unspecified atom stereocenters. The number of aryl methyl sites for hydroxylation is 2. The molecule has 19 heavy (non-hydrogen) atoms. The third-order valence-corrected chi connectivity index (χ3v) is 3.20. The van der Waals surface area contributed by atoms with Crippen LogP contribution < -0.4 is 10.1 Å². The van der Waals surface area contributed by atoms with Gasteiger partial charge in [-0.25, -0.2) is 0 Å². The summed E-state index contributed by atoms with van der Waals surface area (Å²) in [5, 5.41) is 3.44. The highest BCUT2D eigenvalue weighted by Crippen LogP contribution is 2.15. The van der Waals surface area contributed by atoms with E-state index in [0.717, 1.165) is 25.4 Å². The molecule has 0 heterocycles. The molecular formula is C17H29NO. The lowest BCUT2D eigenvalue weighted by Gasteiger charge is -2.09. The average molecular weight is 263 g/mol. The van der Waals surface area contributed by atoms with Crippen LogP contribution in [0.15, 0.2) is 18.2 Å². The average Bonchev–Trinajstić information content (AvgIpc) is 2.36. The summed E-state index contributed by atoms with van der Waals surface area (Å²) < 4.78 is 5.75. The summed E-state index contributed by atoms with van der Waals surface area (Å²) in [6.45, 7) is 9.25. The summed E-state index contributed by atoms with van der Waals surface area (Å²) in [5.41, 5.74) is 2.53. The maximum atomic E-state index is 5.75. The minimum atomic E-state index is 0.748. The van der Waals surface area contributed by atoms with Crippen molar-refractivity contribution in [2.45, 2.75) is 52.9 Å². The van der Waals surface area contributed by atoms with Gasteiger partial charge in [0.2, 0.25) is 0 Å². The summed E-state index contributed by atoms with van der Waals surface area (Å²) in [7, 11) is 0. The van der Waals surface area contributed by atoms with Crippen LogP contribution in [0.2, 0.25) is 0 Å². The number of nitrogens with one attached hydrogen (secondary N) is 1. The predicted molar refractivity (Wildman–Crippen MR) is 83.0 cm³/mol. The zero-order valence-corrected chi connectivity index (χ0v) is 12.8. The summed E-state index contributed by atoms with van der Waals surface area (Å²) in [6.07, 6.45) is 6.69. The number of benzene rings is 1. The normalized spacial score (nSPS) is 10.7. The van der Waals surface area contributed by atoms with Gasteiger partial charge in [0.05, 0.1) is 0 Å². The minimum Gasteiger partial charge on any atom is -0.492 e. The van der Waals surface area contributed by atoms with Crippen molar-refractivity contribution < 1.29 is 4.74 Å². The van der Waals surface area contributed by atoms with Gasteiger partial charge in [-0.2, -0.15) is 0 Å². The zero-order chi connectivity index (χ0) is 13.9. The van der Waals surface area contributed by atoms with Crippen LogP contribution in [0.4, 0.5) is 0 Å². The molecule has 108 valence electrons. The molecule has 0 aromatic heterocycles. The van der Waals surface area contributed by atoms with Crippen LogP contribution in [-0.2, 0) is 0 Å². The first-order valence-corrected chi connectivity index (χ1v) is 7.64. The lowest BCUT2D eigenvalue weighted by atomic mass is 10.1. The molecular weight excluding hydrogens is 234 g/mol. The lowest BCUT2D eigenvalue weighted by molar-refractivity contribution is 0.313. The Bertz CT molecular complexity index is 329. The highest BCUT2D eigenvalue weighted by Gasteiger charge is 1.96. The number of rotatable bonds is 10. The molecule has 0 saturated carbocycles. The van der Waals surface area contributed by atoms with E-state index in [1.165, 1.54) is 43.2 Å². The fourth-order valence-corrected chi connectivity index (χ4v) is 2.24. The first kappa shape index (κ1) is 16.0. The molecule has 0 bridgehead atoms. The second kappa shape index (κ2) is 9.85. The lowest BCUT2D eigenvalue weighted by Crippen LogP contribution is -2.22. The topological polar surface area (TPSA) is 21.3 Å². The molecule has 0 aliphatic rings. The third-order valence-electron chi connectivity index (χ3n) is 3.20. The number of hydrogen-bond donors (Lipinski definition) is 1. The highest BCUT2D eigenvalue weighted by molar-refractivity contribution is 5.32. The molecule has 0 fully saturated rings. The molecule has 1 aromatic carbocycles. The van der Waals surface area contributed by atoms with Gasteiger partial charge in [0, 0.05) is 6.54 Å². The van der Waals surface area contributed by atoms with Gasteiger partial charge in [-0.3, -0.25) is 0 Å². The Balaban J connectivity index is 2.01. The Morgan fingerprint density at radius 3 is 2.26 bits per heavy atom. The standard InChI is InChI=1S/C17H29NO/c1-4-5-6-7-8-9-18-10-11-19-17-13-15(2)12-16(3)14-17/h12-14,18H,4-11H2,1-3H3. The second-order valence-corrected chi connectivity index (χ2v) is 5.34. The van der Waals surface area contributed by atoms with Crippen molar-refractivity contribution >= 4 is 0 Å². The molecule has 2 heteroatoms. The van der Waals surface area contributed by atoms with Crippen LogP contribution >= 0.6 is 0 Å². The van der Waals surface area contributed by atoms with Crippen LogP contribution in [-0.4, -0.2) is 19.7 Å². The van der Waals surface area contributed by atoms with E-state index >= 15 is 0 Å². The molecule has 0 amide bonds. The summed E-state index contributed by atoms with van der Waals surface area (Å²) in [6, 6.07) is 6.36. The van der Waals surface area contributed by atoms with E-state index in [2.05, 4.69) is 44.3 Å². The highest BCUT2D eigenvalue weighted by atomic mass is 16.5.